The summed E-state index contributed by atoms with van der Waals surface area (Å²) in [7, 11) is 1.29. The van der Waals surface area contributed by atoms with E-state index in [2.05, 4.69) is 20.1 Å². The molecule has 3 heterocycles. The molecule has 24 nitrogen and oxygen atoms in total. The van der Waals surface area contributed by atoms with Crippen molar-refractivity contribution in [1.29, 1.82) is 0 Å². The zero-order valence-electron chi connectivity index (χ0n) is 41.7. The molecule has 0 radical (unpaired) electrons. The molecule has 0 amide bonds. The lowest BCUT2D eigenvalue weighted by Gasteiger charge is -2.50. The van der Waals surface area contributed by atoms with Gasteiger partial charge in [-0.15, -0.1) is 0 Å². The van der Waals surface area contributed by atoms with Crippen LogP contribution >= 0.6 is 0 Å². The van der Waals surface area contributed by atoms with E-state index < -0.39 is 122 Å². The third kappa shape index (κ3) is 18.7. The lowest BCUT2D eigenvalue weighted by Crippen LogP contribution is -2.68. The van der Waals surface area contributed by atoms with Crippen molar-refractivity contribution in [1.82, 2.24) is 0 Å². The molecular formula is C45H76N6O18. The fourth-order valence-electron chi connectivity index (χ4n) is 7.79. The number of unbranched alkanes of at least 4 members (excludes halogenated alkanes) is 5. The molecular weight excluding hydrogens is 913 g/mol. The van der Waals surface area contributed by atoms with Crippen molar-refractivity contribution >= 4 is 23.9 Å². The summed E-state index contributed by atoms with van der Waals surface area (Å²) >= 11 is 0. The van der Waals surface area contributed by atoms with E-state index in [9.17, 15) is 30.2 Å². The number of rotatable bonds is 32. The van der Waals surface area contributed by atoms with Gasteiger partial charge in [0, 0.05) is 64.1 Å². The first-order valence-electron chi connectivity index (χ1n) is 24.3. The molecule has 0 spiro atoms. The van der Waals surface area contributed by atoms with Crippen LogP contribution < -0.4 is 0 Å². The van der Waals surface area contributed by atoms with Gasteiger partial charge in [-0.2, -0.15) is 0 Å². The second-order valence-corrected chi connectivity index (χ2v) is 16.8. The molecule has 0 aliphatic carbocycles. The van der Waals surface area contributed by atoms with Crippen LogP contribution in [0.2, 0.25) is 0 Å². The molecule has 15 atom stereocenters. The molecule has 3 aliphatic rings. The molecule has 3 rings (SSSR count). The summed E-state index contributed by atoms with van der Waals surface area (Å²) in [6.45, 7) is 13.5. The Labute approximate surface area is 404 Å². The highest BCUT2D eigenvalue weighted by molar-refractivity contribution is 5.76. The largest absolute Gasteiger partial charge is 0.464 e. The van der Waals surface area contributed by atoms with Crippen molar-refractivity contribution in [3.8, 4) is 0 Å². The summed E-state index contributed by atoms with van der Waals surface area (Å²) in [5, 5.41) is 7.97. The number of methoxy groups -OCH3 is 1. The van der Waals surface area contributed by atoms with Crippen molar-refractivity contribution in [3.05, 3.63) is 20.9 Å². The maximum atomic E-state index is 14.5. The molecule has 0 aromatic heterocycles. The van der Waals surface area contributed by atoms with E-state index in [1.165, 1.54) is 21.0 Å². The molecule has 0 bridgehead atoms. The van der Waals surface area contributed by atoms with Gasteiger partial charge in [0.15, 0.2) is 25.0 Å². The van der Waals surface area contributed by atoms with Crippen molar-refractivity contribution < 1.29 is 85.5 Å². The first kappa shape index (κ1) is 59.4. The van der Waals surface area contributed by atoms with Crippen molar-refractivity contribution in [2.75, 3.05) is 53.4 Å². The topological polar surface area (TPSA) is 295 Å². The highest BCUT2D eigenvalue weighted by atomic mass is 16.8. The van der Waals surface area contributed by atoms with Gasteiger partial charge in [-0.05, 0) is 43.2 Å². The molecule has 0 aromatic rings. The summed E-state index contributed by atoms with van der Waals surface area (Å²) in [5.74, 6) is -2.93. The van der Waals surface area contributed by atoms with Crippen LogP contribution in [0.3, 0.4) is 0 Å². The third-order valence-electron chi connectivity index (χ3n) is 11.3. The molecule has 69 heavy (non-hydrogen) atoms. The standard InChI is InChI=1S/C45H76N6O18/c1-10-15-20-57-34-30(25-62-27(6)52)66-44(32(48-50-46)36(34)58-21-16-11-2)68-39-38(59-22-17-12-3)41(60-23-18-13-4)45(69-40(39)42(55)61-24-19-14-5)67-35-31(26-63-28(7)53)65-43(56-9)33(49-51-47)37(35)64-29(8)54/h30-41,43-45H,10-26H2,1-9H3/t30?,31?,32?,33?,34-,35-,36-,37-,38?,39+,40?,41+,43+,44-,45-/m1/s1. The minimum absolute atomic E-state index is 0.00276. The number of hydrogen-bond donors (Lipinski definition) is 0. The summed E-state index contributed by atoms with van der Waals surface area (Å²) in [5.41, 5.74) is 19.7. The minimum atomic E-state index is -1.69. The Balaban J connectivity index is 2.31. The number of hydrogen-bond acceptors (Lipinski definition) is 20. The van der Waals surface area contributed by atoms with Crippen LogP contribution in [0, 0.1) is 0 Å². The summed E-state index contributed by atoms with van der Waals surface area (Å²) in [6, 6.07) is -2.58. The highest BCUT2D eigenvalue weighted by Gasteiger charge is 2.58. The summed E-state index contributed by atoms with van der Waals surface area (Å²) < 4.78 is 86.9. The van der Waals surface area contributed by atoms with Crippen LogP contribution in [-0.4, -0.2) is 169 Å². The maximum Gasteiger partial charge on any atom is 0.338 e. The molecule has 3 aliphatic heterocycles. The van der Waals surface area contributed by atoms with Crippen molar-refractivity contribution in [2.24, 2.45) is 10.2 Å². The maximum absolute atomic E-state index is 14.5. The van der Waals surface area contributed by atoms with Crippen molar-refractivity contribution in [2.45, 2.75) is 212 Å². The van der Waals surface area contributed by atoms with E-state index in [4.69, 9.17) is 66.3 Å². The number of carbonyl (C=O) groups is 4. The number of ether oxygens (including phenoxy) is 14. The molecule has 0 aromatic carbocycles. The Morgan fingerprint density at radius 1 is 0.493 bits per heavy atom. The first-order valence-corrected chi connectivity index (χ1v) is 24.3. The average Bonchev–Trinajstić information content (AvgIpc) is 3.31. The van der Waals surface area contributed by atoms with Gasteiger partial charge in [0.05, 0.1) is 12.7 Å². The average molecular weight is 989 g/mol. The number of azide groups is 2. The minimum Gasteiger partial charge on any atom is -0.464 e. The van der Waals surface area contributed by atoms with E-state index in [1.807, 2.05) is 34.6 Å². The highest BCUT2D eigenvalue weighted by Crippen LogP contribution is 2.38. The second-order valence-electron chi connectivity index (χ2n) is 16.8. The SMILES string of the molecule is CCCCOC(=O)C1O[C@@H](O[C@@H]2C(COC(C)=O)O[C@H](OC)C(N=[N+]=[N-])[C@H]2OC(C)=O)[C@@H](OCCCC)C(OCCCC)[C@@H]1O[C@H]1OC(COC(C)=O)[C@@H](OCCCC)[C@H](OCCCC)C1N=[N+]=[N-]. The van der Waals surface area contributed by atoms with Crippen LogP contribution in [0.25, 0.3) is 20.9 Å². The number of esters is 4. The first-order chi connectivity index (χ1) is 33.3. The Bertz CT molecular complexity index is 1640. The molecule has 394 valence electrons. The zero-order chi connectivity index (χ0) is 50.7. The summed E-state index contributed by atoms with van der Waals surface area (Å²) in [6.07, 6.45) is -10.4. The van der Waals surface area contributed by atoms with Gasteiger partial charge < -0.3 is 66.3 Å². The van der Waals surface area contributed by atoms with E-state index in [0.717, 1.165) is 19.8 Å². The lowest BCUT2D eigenvalue weighted by molar-refractivity contribution is -0.370. The zero-order valence-corrected chi connectivity index (χ0v) is 41.7. The van der Waals surface area contributed by atoms with Gasteiger partial charge in [-0.25, -0.2) is 4.79 Å². The number of nitrogens with zero attached hydrogens (tertiary/aromatic N) is 6. The van der Waals surface area contributed by atoms with Crippen LogP contribution in [0.1, 0.15) is 120 Å². The predicted molar refractivity (Wildman–Crippen MR) is 242 cm³/mol. The van der Waals surface area contributed by atoms with Crippen LogP contribution in [0.4, 0.5) is 0 Å². The van der Waals surface area contributed by atoms with Crippen LogP contribution in [0.15, 0.2) is 10.2 Å². The van der Waals surface area contributed by atoms with Gasteiger partial charge in [0.2, 0.25) is 0 Å². The molecule has 0 saturated carbocycles. The van der Waals surface area contributed by atoms with Gasteiger partial charge >= 0.3 is 23.9 Å². The smallest absolute Gasteiger partial charge is 0.338 e. The Morgan fingerprint density at radius 3 is 1.43 bits per heavy atom. The predicted octanol–water partition coefficient (Wildman–Crippen LogP) is 6.08. The molecule has 3 fully saturated rings. The molecule has 6 unspecified atom stereocenters. The van der Waals surface area contributed by atoms with Crippen molar-refractivity contribution in [3.63, 3.8) is 0 Å². The fraction of sp³-hybridized carbons (Fsp3) is 0.911. The monoisotopic (exact) mass is 989 g/mol. The van der Waals surface area contributed by atoms with Crippen LogP contribution in [0.5, 0.6) is 0 Å². The summed E-state index contributed by atoms with van der Waals surface area (Å²) in [4.78, 5) is 57.8. The van der Waals surface area contributed by atoms with Gasteiger partial charge in [-0.3, -0.25) is 14.4 Å². The molecule has 0 N–H and O–H groups in total. The van der Waals surface area contributed by atoms with E-state index in [-0.39, 0.29) is 33.0 Å². The van der Waals surface area contributed by atoms with E-state index >= 15 is 0 Å². The van der Waals surface area contributed by atoms with Gasteiger partial charge in [-0.1, -0.05) is 77.0 Å². The normalized spacial score (nSPS) is 31.1. The Morgan fingerprint density at radius 2 is 0.942 bits per heavy atom. The lowest BCUT2D eigenvalue weighted by atomic mass is 9.94. The van der Waals surface area contributed by atoms with Crippen LogP contribution in [-0.2, 0) is 85.5 Å². The molecule has 24 heteroatoms. The fourth-order valence-corrected chi connectivity index (χ4v) is 7.79. The Kier molecular flexibility index (Phi) is 28.3. The van der Waals surface area contributed by atoms with E-state index in [0.29, 0.717) is 58.0 Å². The quantitative estimate of drug-likeness (QED) is 0.0184. The Hall–Kier alpha value is -3.90. The second kappa shape index (κ2) is 32.9. The van der Waals surface area contributed by atoms with Gasteiger partial charge in [0.1, 0.15) is 74.1 Å². The number of carbonyl (C=O) groups excluding carboxylic acids is 4. The van der Waals surface area contributed by atoms with Gasteiger partial charge in [0.25, 0.3) is 0 Å². The molecule has 3 saturated heterocycles. The van der Waals surface area contributed by atoms with E-state index in [1.54, 1.807) is 0 Å². The third-order valence-corrected chi connectivity index (χ3v) is 11.3.